The van der Waals surface area contributed by atoms with Crippen LogP contribution in [0.25, 0.3) is 11.3 Å². The average molecular weight is 288 g/mol. The minimum Gasteiger partial charge on any atom is -0.444 e. The minimum absolute atomic E-state index is 0.755. The number of oxazole rings is 1. The van der Waals surface area contributed by atoms with Crippen molar-refractivity contribution in [2.24, 2.45) is 0 Å². The first-order chi connectivity index (χ1) is 9.31. The second-order valence-electron chi connectivity index (χ2n) is 3.95. The van der Waals surface area contributed by atoms with Gasteiger partial charge in [-0.25, -0.2) is 4.98 Å². The number of nitrogens with zero attached hydrogens (tertiary/aromatic N) is 1. The van der Waals surface area contributed by atoms with Gasteiger partial charge in [-0.1, -0.05) is 35.5 Å². The van der Waals surface area contributed by atoms with Crippen molar-refractivity contribution in [3.05, 3.63) is 66.1 Å². The Bertz CT molecular complexity index is 648. The van der Waals surface area contributed by atoms with Gasteiger partial charge in [0.2, 0.25) is 0 Å². The van der Waals surface area contributed by atoms with Crippen LogP contribution >= 0.6 is 23.4 Å². The lowest BCUT2D eigenvalue weighted by atomic mass is 10.2. The van der Waals surface area contributed by atoms with Gasteiger partial charge in [-0.3, -0.25) is 0 Å². The van der Waals surface area contributed by atoms with Gasteiger partial charge < -0.3 is 4.42 Å². The maximum absolute atomic E-state index is 5.87. The SMILES string of the molecule is Clc1ccc(Sc2ccc(-c3cnco3)cc2)cc1. The lowest BCUT2D eigenvalue weighted by Gasteiger charge is -2.03. The second-order valence-corrected chi connectivity index (χ2v) is 5.53. The highest BCUT2D eigenvalue weighted by Crippen LogP contribution is 2.30. The number of halogens is 1. The maximum atomic E-state index is 5.87. The van der Waals surface area contributed by atoms with Gasteiger partial charge in [0.05, 0.1) is 6.20 Å². The van der Waals surface area contributed by atoms with Crippen LogP contribution in [-0.2, 0) is 0 Å². The molecule has 0 N–H and O–H groups in total. The Morgan fingerprint density at radius 1 is 0.895 bits per heavy atom. The molecule has 0 spiro atoms. The van der Waals surface area contributed by atoms with Crippen LogP contribution in [0.5, 0.6) is 0 Å². The molecule has 94 valence electrons. The van der Waals surface area contributed by atoms with Gasteiger partial charge in [0.15, 0.2) is 12.2 Å². The molecule has 1 aromatic heterocycles. The second kappa shape index (κ2) is 5.51. The molecule has 0 bridgehead atoms. The van der Waals surface area contributed by atoms with E-state index in [1.807, 2.05) is 36.4 Å². The molecular weight excluding hydrogens is 278 g/mol. The van der Waals surface area contributed by atoms with Crippen molar-refractivity contribution in [3.8, 4) is 11.3 Å². The summed E-state index contributed by atoms with van der Waals surface area (Å²) in [6, 6.07) is 16.0. The third-order valence-electron chi connectivity index (χ3n) is 2.62. The Morgan fingerprint density at radius 2 is 1.53 bits per heavy atom. The fourth-order valence-corrected chi connectivity index (χ4v) is 2.63. The first-order valence-electron chi connectivity index (χ1n) is 5.73. The van der Waals surface area contributed by atoms with Gasteiger partial charge in [0, 0.05) is 20.4 Å². The predicted octanol–water partition coefficient (Wildman–Crippen LogP) is 5.15. The Balaban J connectivity index is 1.77. The number of hydrogen-bond acceptors (Lipinski definition) is 3. The molecule has 2 nitrogen and oxygen atoms in total. The number of hydrogen-bond donors (Lipinski definition) is 0. The van der Waals surface area contributed by atoms with E-state index in [1.165, 1.54) is 11.3 Å². The van der Waals surface area contributed by atoms with Crippen LogP contribution in [0.2, 0.25) is 5.02 Å². The van der Waals surface area contributed by atoms with E-state index in [1.54, 1.807) is 18.0 Å². The lowest BCUT2D eigenvalue weighted by Crippen LogP contribution is -1.76. The number of aromatic nitrogens is 1. The summed E-state index contributed by atoms with van der Waals surface area (Å²) >= 11 is 7.56. The van der Waals surface area contributed by atoms with Crippen LogP contribution in [0, 0.1) is 0 Å². The normalized spacial score (nSPS) is 10.6. The summed E-state index contributed by atoms with van der Waals surface area (Å²) in [4.78, 5) is 6.25. The van der Waals surface area contributed by atoms with Gasteiger partial charge in [-0.2, -0.15) is 0 Å². The van der Waals surface area contributed by atoms with Gasteiger partial charge >= 0.3 is 0 Å². The zero-order valence-electron chi connectivity index (χ0n) is 9.92. The molecule has 1 heterocycles. The highest BCUT2D eigenvalue weighted by Gasteiger charge is 2.02. The molecule has 19 heavy (non-hydrogen) atoms. The Labute approximate surface area is 120 Å². The molecule has 0 radical (unpaired) electrons. The minimum atomic E-state index is 0.755. The summed E-state index contributed by atoms with van der Waals surface area (Å²) in [6.07, 6.45) is 3.15. The first kappa shape index (κ1) is 12.3. The zero-order chi connectivity index (χ0) is 13.1. The van der Waals surface area contributed by atoms with E-state index < -0.39 is 0 Å². The van der Waals surface area contributed by atoms with Crippen LogP contribution < -0.4 is 0 Å². The van der Waals surface area contributed by atoms with Crippen molar-refractivity contribution >= 4 is 23.4 Å². The van der Waals surface area contributed by atoms with E-state index >= 15 is 0 Å². The molecular formula is C15H10ClNOS. The van der Waals surface area contributed by atoms with E-state index in [-0.39, 0.29) is 0 Å². The first-order valence-corrected chi connectivity index (χ1v) is 6.93. The van der Waals surface area contributed by atoms with Gasteiger partial charge in [-0.15, -0.1) is 0 Å². The van der Waals surface area contributed by atoms with E-state index in [0.717, 1.165) is 21.2 Å². The quantitative estimate of drug-likeness (QED) is 0.666. The molecule has 3 rings (SSSR count). The van der Waals surface area contributed by atoms with Crippen molar-refractivity contribution in [2.45, 2.75) is 9.79 Å². The molecule has 0 aliphatic carbocycles. The van der Waals surface area contributed by atoms with E-state index in [2.05, 4.69) is 17.1 Å². The molecule has 0 atom stereocenters. The average Bonchev–Trinajstić information content (AvgIpc) is 2.96. The Kier molecular flexibility index (Phi) is 3.58. The fraction of sp³-hybridized carbons (Fsp3) is 0. The Morgan fingerprint density at radius 3 is 2.11 bits per heavy atom. The highest BCUT2D eigenvalue weighted by molar-refractivity contribution is 7.99. The summed E-state index contributed by atoms with van der Waals surface area (Å²) in [7, 11) is 0. The van der Waals surface area contributed by atoms with Gasteiger partial charge in [0.1, 0.15) is 0 Å². The monoisotopic (exact) mass is 287 g/mol. The topological polar surface area (TPSA) is 26.0 Å². The predicted molar refractivity (Wildman–Crippen MR) is 77.5 cm³/mol. The molecule has 3 aromatic rings. The third kappa shape index (κ3) is 3.00. The summed E-state index contributed by atoms with van der Waals surface area (Å²) < 4.78 is 5.26. The van der Waals surface area contributed by atoms with E-state index in [0.29, 0.717) is 0 Å². The standard InChI is InChI=1S/C15H10ClNOS/c16-12-3-7-14(8-4-12)19-13-5-1-11(2-6-13)15-9-17-10-18-15/h1-10H. The number of benzene rings is 2. The van der Waals surface area contributed by atoms with Crippen molar-refractivity contribution in [2.75, 3.05) is 0 Å². The molecule has 0 saturated heterocycles. The maximum Gasteiger partial charge on any atom is 0.181 e. The van der Waals surface area contributed by atoms with Crippen LogP contribution in [0.3, 0.4) is 0 Å². The fourth-order valence-electron chi connectivity index (χ4n) is 1.68. The van der Waals surface area contributed by atoms with Crippen molar-refractivity contribution in [3.63, 3.8) is 0 Å². The molecule has 0 aliphatic heterocycles. The third-order valence-corrected chi connectivity index (χ3v) is 3.89. The molecule has 0 saturated carbocycles. The molecule has 2 aromatic carbocycles. The van der Waals surface area contributed by atoms with Crippen LogP contribution in [0.15, 0.2) is 75.3 Å². The van der Waals surface area contributed by atoms with Crippen LogP contribution in [0.1, 0.15) is 0 Å². The summed E-state index contributed by atoms with van der Waals surface area (Å²) in [5.74, 6) is 0.781. The van der Waals surface area contributed by atoms with Crippen molar-refractivity contribution < 1.29 is 4.42 Å². The summed E-state index contributed by atoms with van der Waals surface area (Å²) in [6.45, 7) is 0. The lowest BCUT2D eigenvalue weighted by molar-refractivity contribution is 0.572. The molecule has 0 amide bonds. The van der Waals surface area contributed by atoms with E-state index in [9.17, 15) is 0 Å². The number of rotatable bonds is 3. The summed E-state index contributed by atoms with van der Waals surface area (Å²) in [5, 5.41) is 0.755. The van der Waals surface area contributed by atoms with Crippen molar-refractivity contribution in [1.29, 1.82) is 0 Å². The molecule has 0 unspecified atom stereocenters. The largest absolute Gasteiger partial charge is 0.444 e. The molecule has 0 aliphatic rings. The molecule has 0 fully saturated rings. The van der Waals surface area contributed by atoms with E-state index in [4.69, 9.17) is 16.0 Å². The van der Waals surface area contributed by atoms with Gasteiger partial charge in [0.25, 0.3) is 0 Å². The smallest absolute Gasteiger partial charge is 0.181 e. The van der Waals surface area contributed by atoms with Crippen LogP contribution in [0.4, 0.5) is 0 Å². The van der Waals surface area contributed by atoms with Gasteiger partial charge in [-0.05, 0) is 36.4 Å². The molecule has 4 heteroatoms. The van der Waals surface area contributed by atoms with Crippen molar-refractivity contribution in [1.82, 2.24) is 4.98 Å². The Hall–Kier alpha value is -1.71. The zero-order valence-corrected chi connectivity index (χ0v) is 11.5. The highest BCUT2D eigenvalue weighted by atomic mass is 35.5. The summed E-state index contributed by atoms with van der Waals surface area (Å²) in [5.41, 5.74) is 1.03. The van der Waals surface area contributed by atoms with Crippen LogP contribution in [-0.4, -0.2) is 4.98 Å².